The maximum atomic E-state index is 13.0. The number of hydrogen-bond donors (Lipinski definition) is 1. The number of piperazine rings is 1. The molecule has 0 bridgehead atoms. The van der Waals surface area contributed by atoms with E-state index in [0.29, 0.717) is 24.3 Å². The Morgan fingerprint density at radius 1 is 1.29 bits per heavy atom. The highest BCUT2D eigenvalue weighted by atomic mass is 16.2. The maximum Gasteiger partial charge on any atom is 0.249 e. The van der Waals surface area contributed by atoms with Gasteiger partial charge in [0.2, 0.25) is 11.8 Å². The molecule has 21 heavy (non-hydrogen) atoms. The molecule has 120 valence electrons. The third-order valence-electron chi connectivity index (χ3n) is 5.06. The fraction of sp³-hybridized carbons (Fsp3) is 0.882. The Hall–Kier alpha value is -1.06. The van der Waals surface area contributed by atoms with E-state index in [-0.39, 0.29) is 17.9 Å². The quantitative estimate of drug-likeness (QED) is 0.818. The number of amides is 2. The number of carbonyl (C=O) groups excluding carboxylic acids is 2. The maximum absolute atomic E-state index is 13.0. The van der Waals surface area contributed by atoms with Crippen LogP contribution in [-0.2, 0) is 9.59 Å². The predicted molar refractivity (Wildman–Crippen MR) is 83.7 cm³/mol. The number of nitrogens with one attached hydrogen (secondary N) is 1. The van der Waals surface area contributed by atoms with E-state index in [0.717, 1.165) is 25.7 Å². The van der Waals surface area contributed by atoms with Crippen molar-refractivity contribution in [2.45, 2.75) is 71.9 Å². The SMILES string of the molecule is CCC(C)CN1C(=O)C(C)(C2CC2)NC(=O)C1CC(C)C. The van der Waals surface area contributed by atoms with Gasteiger partial charge >= 0.3 is 0 Å². The van der Waals surface area contributed by atoms with Crippen molar-refractivity contribution in [1.29, 1.82) is 0 Å². The van der Waals surface area contributed by atoms with Crippen molar-refractivity contribution >= 4 is 11.8 Å². The van der Waals surface area contributed by atoms with Gasteiger partial charge in [-0.2, -0.15) is 0 Å². The van der Waals surface area contributed by atoms with Crippen molar-refractivity contribution in [1.82, 2.24) is 10.2 Å². The van der Waals surface area contributed by atoms with Crippen molar-refractivity contribution in [2.75, 3.05) is 6.54 Å². The van der Waals surface area contributed by atoms with E-state index in [4.69, 9.17) is 0 Å². The van der Waals surface area contributed by atoms with Crippen molar-refractivity contribution in [3.63, 3.8) is 0 Å². The largest absolute Gasteiger partial charge is 0.340 e. The molecule has 1 heterocycles. The summed E-state index contributed by atoms with van der Waals surface area (Å²) < 4.78 is 0. The second-order valence-electron chi connectivity index (χ2n) is 7.58. The zero-order valence-electron chi connectivity index (χ0n) is 14.1. The lowest BCUT2D eigenvalue weighted by molar-refractivity contribution is -0.156. The Bertz CT molecular complexity index is 417. The van der Waals surface area contributed by atoms with E-state index in [9.17, 15) is 9.59 Å². The second kappa shape index (κ2) is 5.98. The van der Waals surface area contributed by atoms with Gasteiger partial charge in [-0.15, -0.1) is 0 Å². The molecule has 4 heteroatoms. The van der Waals surface area contributed by atoms with E-state index in [1.807, 2.05) is 11.8 Å². The summed E-state index contributed by atoms with van der Waals surface area (Å²) in [6.45, 7) is 11.1. The molecule has 2 amide bonds. The van der Waals surface area contributed by atoms with Crippen LogP contribution in [0.2, 0.25) is 0 Å². The van der Waals surface area contributed by atoms with Gasteiger partial charge < -0.3 is 10.2 Å². The molecule has 3 unspecified atom stereocenters. The van der Waals surface area contributed by atoms with Gasteiger partial charge in [0, 0.05) is 6.54 Å². The number of carbonyl (C=O) groups is 2. The molecule has 0 aromatic rings. The summed E-state index contributed by atoms with van der Waals surface area (Å²) in [7, 11) is 0. The van der Waals surface area contributed by atoms with Crippen LogP contribution in [0.15, 0.2) is 0 Å². The van der Waals surface area contributed by atoms with Gasteiger partial charge in [0.1, 0.15) is 11.6 Å². The smallest absolute Gasteiger partial charge is 0.249 e. The third kappa shape index (κ3) is 3.24. The first-order valence-corrected chi connectivity index (χ1v) is 8.42. The van der Waals surface area contributed by atoms with Gasteiger partial charge in [-0.3, -0.25) is 9.59 Å². The third-order valence-corrected chi connectivity index (χ3v) is 5.06. The summed E-state index contributed by atoms with van der Waals surface area (Å²) >= 11 is 0. The summed E-state index contributed by atoms with van der Waals surface area (Å²) in [4.78, 5) is 27.5. The van der Waals surface area contributed by atoms with Crippen LogP contribution in [0, 0.1) is 17.8 Å². The molecule has 1 aliphatic heterocycles. The Labute approximate surface area is 128 Å². The summed E-state index contributed by atoms with van der Waals surface area (Å²) in [5.41, 5.74) is -0.669. The van der Waals surface area contributed by atoms with Crippen LogP contribution in [0.1, 0.15) is 60.3 Å². The Balaban J connectivity index is 2.24. The average molecular weight is 294 g/mol. The molecule has 2 fully saturated rings. The molecular weight excluding hydrogens is 264 g/mol. The van der Waals surface area contributed by atoms with Gasteiger partial charge in [0.15, 0.2) is 0 Å². The van der Waals surface area contributed by atoms with E-state index in [1.54, 1.807) is 0 Å². The summed E-state index contributed by atoms with van der Waals surface area (Å²) in [6, 6.07) is -0.293. The highest BCUT2D eigenvalue weighted by molar-refractivity contribution is 6.00. The van der Waals surface area contributed by atoms with Crippen LogP contribution < -0.4 is 5.32 Å². The van der Waals surface area contributed by atoms with Crippen molar-refractivity contribution in [3.8, 4) is 0 Å². The first-order chi connectivity index (χ1) is 9.79. The van der Waals surface area contributed by atoms with E-state index in [1.165, 1.54) is 0 Å². The highest BCUT2D eigenvalue weighted by Crippen LogP contribution is 2.42. The van der Waals surface area contributed by atoms with Gasteiger partial charge in [0.05, 0.1) is 0 Å². The van der Waals surface area contributed by atoms with Crippen LogP contribution in [0.25, 0.3) is 0 Å². The van der Waals surface area contributed by atoms with E-state index >= 15 is 0 Å². The molecule has 1 saturated heterocycles. The summed E-state index contributed by atoms with van der Waals surface area (Å²) in [6.07, 6.45) is 3.87. The molecule has 0 aromatic heterocycles. The minimum absolute atomic E-state index is 0.0426. The minimum Gasteiger partial charge on any atom is -0.340 e. The van der Waals surface area contributed by atoms with Crippen LogP contribution >= 0.6 is 0 Å². The fourth-order valence-corrected chi connectivity index (χ4v) is 3.27. The molecule has 4 nitrogen and oxygen atoms in total. The van der Waals surface area contributed by atoms with Crippen molar-refractivity contribution in [3.05, 3.63) is 0 Å². The lowest BCUT2D eigenvalue weighted by atomic mass is 9.86. The van der Waals surface area contributed by atoms with E-state index in [2.05, 4.69) is 33.0 Å². The van der Waals surface area contributed by atoms with E-state index < -0.39 is 5.54 Å². The molecule has 0 spiro atoms. The van der Waals surface area contributed by atoms with Gasteiger partial charge in [-0.25, -0.2) is 0 Å². The van der Waals surface area contributed by atoms with Crippen LogP contribution in [-0.4, -0.2) is 34.8 Å². The molecule has 0 radical (unpaired) electrons. The molecule has 2 rings (SSSR count). The van der Waals surface area contributed by atoms with Gasteiger partial charge in [-0.05, 0) is 43.9 Å². The van der Waals surface area contributed by atoms with Crippen LogP contribution in [0.5, 0.6) is 0 Å². The van der Waals surface area contributed by atoms with Crippen LogP contribution in [0.3, 0.4) is 0 Å². The fourth-order valence-electron chi connectivity index (χ4n) is 3.27. The molecule has 0 aromatic carbocycles. The normalized spacial score (nSPS) is 31.5. The number of hydrogen-bond acceptors (Lipinski definition) is 2. The van der Waals surface area contributed by atoms with Crippen LogP contribution in [0.4, 0.5) is 0 Å². The molecular formula is C17H30N2O2. The minimum atomic E-state index is -0.669. The van der Waals surface area contributed by atoms with Crippen molar-refractivity contribution < 1.29 is 9.59 Å². The topological polar surface area (TPSA) is 49.4 Å². The lowest BCUT2D eigenvalue weighted by Gasteiger charge is -2.46. The Morgan fingerprint density at radius 3 is 2.38 bits per heavy atom. The standard InChI is InChI=1S/C17H30N2O2/c1-6-12(4)10-19-14(9-11(2)3)15(20)18-17(5,16(19)21)13-7-8-13/h11-14H,6-10H2,1-5H3,(H,18,20). The Kier molecular flexibility index (Phi) is 4.64. The molecule has 1 saturated carbocycles. The number of rotatable bonds is 6. The summed E-state index contributed by atoms with van der Waals surface area (Å²) in [5.74, 6) is 1.33. The molecule has 2 aliphatic rings. The first-order valence-electron chi connectivity index (χ1n) is 8.42. The molecule has 1 N–H and O–H groups in total. The molecule has 1 aliphatic carbocycles. The monoisotopic (exact) mass is 294 g/mol. The highest BCUT2D eigenvalue weighted by Gasteiger charge is 2.55. The zero-order chi connectivity index (χ0) is 15.8. The Morgan fingerprint density at radius 2 is 1.90 bits per heavy atom. The summed E-state index contributed by atoms with van der Waals surface area (Å²) in [5, 5.41) is 3.05. The number of nitrogens with zero attached hydrogens (tertiary/aromatic N) is 1. The average Bonchev–Trinajstić information content (AvgIpc) is 3.24. The van der Waals surface area contributed by atoms with Crippen molar-refractivity contribution in [2.24, 2.45) is 17.8 Å². The predicted octanol–water partition coefficient (Wildman–Crippen LogP) is 2.57. The second-order valence-corrected chi connectivity index (χ2v) is 7.58. The lowest BCUT2D eigenvalue weighted by Crippen LogP contribution is -2.70. The van der Waals surface area contributed by atoms with Gasteiger partial charge in [0.25, 0.3) is 0 Å². The van der Waals surface area contributed by atoms with Gasteiger partial charge in [-0.1, -0.05) is 34.1 Å². The molecule has 3 atom stereocenters. The zero-order valence-corrected chi connectivity index (χ0v) is 14.1. The first kappa shape index (κ1) is 16.3.